The highest BCUT2D eigenvalue weighted by atomic mass is 16.3. The van der Waals surface area contributed by atoms with Crippen molar-refractivity contribution >= 4 is 0 Å². The quantitative estimate of drug-likeness (QED) is 0.492. The minimum absolute atomic E-state index is 0.196. The Bertz CT molecular complexity index is 87.1. The van der Waals surface area contributed by atoms with Gasteiger partial charge in [-0.05, 0) is 19.4 Å². The van der Waals surface area contributed by atoms with Gasteiger partial charge in [0.15, 0.2) is 0 Å². The predicted molar refractivity (Wildman–Crippen MR) is 33.8 cm³/mol. The van der Waals surface area contributed by atoms with E-state index in [9.17, 15) is 0 Å². The van der Waals surface area contributed by atoms with E-state index in [1.807, 2.05) is 11.9 Å². The van der Waals surface area contributed by atoms with Crippen molar-refractivity contribution in [3.63, 3.8) is 0 Å². The highest BCUT2D eigenvalue weighted by Gasteiger charge is 2.26. The second kappa shape index (κ2) is 2.64. The number of likely N-dealkylation sites (tertiary alicyclic amines) is 1. The Hall–Kier alpha value is -0.120. The molecule has 2 atom stereocenters. The van der Waals surface area contributed by atoms with Crippen LogP contribution >= 0.6 is 0 Å². The van der Waals surface area contributed by atoms with Crippen LogP contribution in [0.2, 0.25) is 0 Å². The van der Waals surface area contributed by atoms with E-state index in [1.54, 1.807) is 0 Å². The molecule has 0 spiro atoms. The van der Waals surface area contributed by atoms with Gasteiger partial charge in [0.2, 0.25) is 0 Å². The zero-order valence-corrected chi connectivity index (χ0v) is 5.62. The Morgan fingerprint density at radius 2 is 2.33 bits per heavy atom. The van der Waals surface area contributed by atoms with Crippen LogP contribution in [-0.4, -0.2) is 41.5 Å². The molecule has 1 heterocycles. The third-order valence-corrected chi connectivity index (χ3v) is 1.86. The van der Waals surface area contributed by atoms with E-state index in [1.165, 1.54) is 0 Å². The summed E-state index contributed by atoms with van der Waals surface area (Å²) in [6.45, 7) is 1.01. The Labute approximate surface area is 54.9 Å². The molecule has 2 unspecified atom stereocenters. The molecular weight excluding hydrogens is 118 g/mol. The van der Waals surface area contributed by atoms with E-state index < -0.39 is 0 Å². The van der Waals surface area contributed by atoms with Gasteiger partial charge in [-0.2, -0.15) is 0 Å². The molecular formula is C6H13NO2. The molecule has 0 aliphatic carbocycles. The second-order valence-corrected chi connectivity index (χ2v) is 2.70. The molecule has 1 aliphatic rings. The van der Waals surface area contributed by atoms with Crippen LogP contribution in [0.25, 0.3) is 0 Å². The molecule has 0 amide bonds. The molecule has 0 aromatic rings. The van der Waals surface area contributed by atoms with Gasteiger partial charge in [0.25, 0.3) is 0 Å². The molecule has 9 heavy (non-hydrogen) atoms. The van der Waals surface area contributed by atoms with Crippen LogP contribution in [0.4, 0.5) is 0 Å². The van der Waals surface area contributed by atoms with Gasteiger partial charge in [-0.15, -0.1) is 0 Å². The van der Waals surface area contributed by atoms with Crippen LogP contribution in [-0.2, 0) is 0 Å². The highest BCUT2D eigenvalue weighted by molar-refractivity contribution is 4.75. The zero-order valence-electron chi connectivity index (χ0n) is 5.62. The van der Waals surface area contributed by atoms with Gasteiger partial charge < -0.3 is 10.2 Å². The number of rotatable bonds is 1. The maximum atomic E-state index is 9.11. The Balaban J connectivity index is 2.35. The number of nitrogens with zero attached hydrogens (tertiary/aromatic N) is 1. The third-order valence-electron chi connectivity index (χ3n) is 1.86. The maximum absolute atomic E-state index is 9.11. The standard InChI is InChI=1S/C6H13NO2/c1-7-3-5(4-8)2-6(7)9/h5-6,8-9H,2-4H2,1H3. The van der Waals surface area contributed by atoms with Crippen molar-refractivity contribution in [2.24, 2.45) is 5.92 Å². The van der Waals surface area contributed by atoms with Crippen molar-refractivity contribution in [1.29, 1.82) is 0 Å². The van der Waals surface area contributed by atoms with Crippen LogP contribution in [0.3, 0.4) is 0 Å². The SMILES string of the molecule is CN1CC(CO)CC1O. The summed E-state index contributed by atoms with van der Waals surface area (Å²) in [6.07, 6.45) is 0.384. The fourth-order valence-electron chi connectivity index (χ4n) is 1.21. The molecule has 1 fully saturated rings. The smallest absolute Gasteiger partial charge is 0.107 e. The summed E-state index contributed by atoms with van der Waals surface area (Å²) in [4.78, 5) is 1.85. The van der Waals surface area contributed by atoms with Gasteiger partial charge in [-0.25, -0.2) is 0 Å². The lowest BCUT2D eigenvalue weighted by atomic mass is 10.1. The molecule has 0 radical (unpaired) electrons. The van der Waals surface area contributed by atoms with Crippen LogP contribution < -0.4 is 0 Å². The molecule has 2 N–H and O–H groups in total. The van der Waals surface area contributed by atoms with Gasteiger partial charge in [-0.1, -0.05) is 0 Å². The topological polar surface area (TPSA) is 43.7 Å². The van der Waals surface area contributed by atoms with Crippen LogP contribution in [0, 0.1) is 5.92 Å². The van der Waals surface area contributed by atoms with Crippen molar-refractivity contribution < 1.29 is 10.2 Å². The van der Waals surface area contributed by atoms with E-state index in [-0.39, 0.29) is 18.8 Å². The van der Waals surface area contributed by atoms with Crippen molar-refractivity contribution in [3.05, 3.63) is 0 Å². The summed E-state index contributed by atoms with van der Waals surface area (Å²) in [7, 11) is 1.86. The minimum Gasteiger partial charge on any atom is -0.396 e. The largest absolute Gasteiger partial charge is 0.396 e. The van der Waals surface area contributed by atoms with Gasteiger partial charge in [0, 0.05) is 13.2 Å². The van der Waals surface area contributed by atoms with E-state index in [4.69, 9.17) is 10.2 Å². The maximum Gasteiger partial charge on any atom is 0.107 e. The lowest BCUT2D eigenvalue weighted by Gasteiger charge is -2.11. The number of aliphatic hydroxyl groups excluding tert-OH is 2. The van der Waals surface area contributed by atoms with Crippen molar-refractivity contribution in [2.75, 3.05) is 20.2 Å². The summed E-state index contributed by atoms with van der Waals surface area (Å²) < 4.78 is 0. The zero-order chi connectivity index (χ0) is 6.85. The first-order valence-corrected chi connectivity index (χ1v) is 3.23. The molecule has 1 rings (SSSR count). The predicted octanol–water partition coefficient (Wildman–Crippen LogP) is -0.751. The van der Waals surface area contributed by atoms with Crippen LogP contribution in [0.1, 0.15) is 6.42 Å². The first-order chi connectivity index (χ1) is 4.24. The van der Waals surface area contributed by atoms with Crippen molar-refractivity contribution in [1.82, 2.24) is 4.90 Å². The molecule has 3 heteroatoms. The number of aliphatic hydroxyl groups is 2. The highest BCUT2D eigenvalue weighted by Crippen LogP contribution is 2.18. The average Bonchev–Trinajstić information content (AvgIpc) is 2.13. The Morgan fingerprint density at radius 3 is 2.56 bits per heavy atom. The van der Waals surface area contributed by atoms with Crippen molar-refractivity contribution in [3.8, 4) is 0 Å². The molecule has 0 bridgehead atoms. The second-order valence-electron chi connectivity index (χ2n) is 2.70. The molecule has 1 saturated heterocycles. The Morgan fingerprint density at radius 1 is 1.67 bits per heavy atom. The third kappa shape index (κ3) is 1.41. The summed E-state index contributed by atoms with van der Waals surface area (Å²) in [5.74, 6) is 0.282. The molecule has 54 valence electrons. The molecule has 0 aromatic heterocycles. The van der Waals surface area contributed by atoms with E-state index in [0.29, 0.717) is 6.42 Å². The minimum atomic E-state index is -0.331. The van der Waals surface area contributed by atoms with E-state index in [2.05, 4.69) is 0 Å². The van der Waals surface area contributed by atoms with Gasteiger partial charge >= 0.3 is 0 Å². The lowest BCUT2D eigenvalue weighted by molar-refractivity contribution is 0.0569. The molecule has 0 saturated carbocycles. The first kappa shape index (κ1) is 6.99. The summed E-state index contributed by atoms with van der Waals surface area (Å²) in [5.41, 5.74) is 0. The van der Waals surface area contributed by atoms with Gasteiger partial charge in [0.05, 0.1) is 0 Å². The molecule has 1 aliphatic heterocycles. The monoisotopic (exact) mass is 131 g/mol. The van der Waals surface area contributed by atoms with Crippen LogP contribution in [0.5, 0.6) is 0 Å². The van der Waals surface area contributed by atoms with Gasteiger partial charge in [0.1, 0.15) is 6.23 Å². The number of hydrogen-bond acceptors (Lipinski definition) is 3. The van der Waals surface area contributed by atoms with Gasteiger partial charge in [-0.3, -0.25) is 4.90 Å². The summed E-state index contributed by atoms with van der Waals surface area (Å²) >= 11 is 0. The van der Waals surface area contributed by atoms with Crippen molar-refractivity contribution in [2.45, 2.75) is 12.6 Å². The molecule has 0 aromatic carbocycles. The fraction of sp³-hybridized carbons (Fsp3) is 1.00. The first-order valence-electron chi connectivity index (χ1n) is 3.23. The average molecular weight is 131 g/mol. The van der Waals surface area contributed by atoms with E-state index in [0.717, 1.165) is 6.54 Å². The summed E-state index contributed by atoms with van der Waals surface area (Å²) in [5, 5.41) is 17.8. The normalized spacial score (nSPS) is 37.7. The molecule has 3 nitrogen and oxygen atoms in total. The van der Waals surface area contributed by atoms with Crippen LogP contribution in [0.15, 0.2) is 0 Å². The Kier molecular flexibility index (Phi) is 2.05. The lowest BCUT2D eigenvalue weighted by Crippen LogP contribution is -2.24. The van der Waals surface area contributed by atoms with E-state index >= 15 is 0 Å². The fourth-order valence-corrected chi connectivity index (χ4v) is 1.21. The summed E-state index contributed by atoms with van der Waals surface area (Å²) in [6, 6.07) is 0. The number of hydrogen-bond donors (Lipinski definition) is 2.